The summed E-state index contributed by atoms with van der Waals surface area (Å²) in [5.41, 5.74) is 5.82. The van der Waals surface area contributed by atoms with Crippen molar-refractivity contribution in [1.82, 2.24) is 20.8 Å². The van der Waals surface area contributed by atoms with E-state index in [1.807, 2.05) is 54.6 Å². The summed E-state index contributed by atoms with van der Waals surface area (Å²) in [6, 6.07) is 19.9. The fourth-order valence-electron chi connectivity index (χ4n) is 3.93. The van der Waals surface area contributed by atoms with Crippen molar-refractivity contribution in [3.05, 3.63) is 83.0 Å². The molecule has 0 aliphatic rings. The Labute approximate surface area is 209 Å². The van der Waals surface area contributed by atoms with Gasteiger partial charge in [0.1, 0.15) is 0 Å². The van der Waals surface area contributed by atoms with E-state index >= 15 is 0 Å². The third kappa shape index (κ3) is 6.82. The molecule has 0 bridgehead atoms. The van der Waals surface area contributed by atoms with Crippen molar-refractivity contribution < 1.29 is 9.90 Å². The maximum Gasteiger partial charge on any atom is 0.221 e. The van der Waals surface area contributed by atoms with Gasteiger partial charge in [-0.15, -0.1) is 0 Å². The van der Waals surface area contributed by atoms with E-state index < -0.39 is 0 Å². The summed E-state index contributed by atoms with van der Waals surface area (Å²) in [6.07, 6.45) is 2.96. The van der Waals surface area contributed by atoms with E-state index in [0.29, 0.717) is 32.6 Å². The molecule has 0 fully saturated rings. The van der Waals surface area contributed by atoms with Crippen molar-refractivity contribution >= 4 is 34.1 Å². The lowest BCUT2D eigenvalue weighted by atomic mass is 10.0. The number of hydrogen-bond acceptors (Lipinski definition) is 5. The van der Waals surface area contributed by atoms with Crippen LogP contribution in [-0.4, -0.2) is 40.8 Å². The van der Waals surface area contributed by atoms with Crippen LogP contribution in [0.3, 0.4) is 0 Å². The maximum atomic E-state index is 12.1. The number of nitrogens with zero attached hydrogens (tertiary/aromatic N) is 1. The van der Waals surface area contributed by atoms with Crippen molar-refractivity contribution in [3.8, 4) is 11.1 Å². The Morgan fingerprint density at radius 2 is 1.86 bits per heavy atom. The first-order chi connectivity index (χ1) is 17.1. The van der Waals surface area contributed by atoms with Gasteiger partial charge in [0, 0.05) is 54.3 Å². The summed E-state index contributed by atoms with van der Waals surface area (Å²) in [5.74, 6) is 0.0226. The van der Waals surface area contributed by atoms with E-state index in [1.165, 1.54) is 0 Å². The predicted octanol–water partition coefficient (Wildman–Crippen LogP) is 4.47. The molecule has 35 heavy (non-hydrogen) atoms. The highest BCUT2D eigenvalue weighted by molar-refractivity contribution is 6.33. The summed E-state index contributed by atoms with van der Waals surface area (Å²) in [7, 11) is 0. The highest BCUT2D eigenvalue weighted by Crippen LogP contribution is 2.28. The second kappa shape index (κ2) is 12.4. The molecule has 0 spiro atoms. The number of rotatable bonds is 12. The number of anilines is 1. The Morgan fingerprint density at radius 3 is 2.66 bits per heavy atom. The second-order valence-electron chi connectivity index (χ2n) is 8.37. The number of aromatic amines is 1. The molecule has 182 valence electrons. The molecule has 3 aromatic carbocycles. The standard InChI is InChI=1S/C27H30ClN5O2/c28-24-13-19(7-8-22(24)21-5-2-1-3-6-21)16-29-12-9-27(35)31-11-4-10-30-25-14-20(18-34)15-26-23(25)17-32-33-26/h1-3,5-8,13-15,17,29-30,34H,4,9-12,16,18H2,(H,31,35)(H,32,33). The molecule has 1 amide bonds. The SMILES string of the molecule is O=C(CCNCc1ccc(-c2ccccc2)c(Cl)c1)NCCCNc1cc(CO)cc2[nH]ncc12. The van der Waals surface area contributed by atoms with E-state index in [4.69, 9.17) is 11.6 Å². The Bertz CT molecular complexity index is 1260. The molecule has 4 rings (SSSR count). The van der Waals surface area contributed by atoms with Crippen molar-refractivity contribution in [2.75, 3.05) is 25.0 Å². The smallest absolute Gasteiger partial charge is 0.221 e. The van der Waals surface area contributed by atoms with Crippen LogP contribution in [-0.2, 0) is 17.9 Å². The Morgan fingerprint density at radius 1 is 1.00 bits per heavy atom. The minimum Gasteiger partial charge on any atom is -0.392 e. The molecule has 0 aliphatic heterocycles. The van der Waals surface area contributed by atoms with E-state index in [2.05, 4.69) is 32.2 Å². The fourth-order valence-corrected chi connectivity index (χ4v) is 4.24. The second-order valence-corrected chi connectivity index (χ2v) is 8.78. The van der Waals surface area contributed by atoms with Gasteiger partial charge in [-0.25, -0.2) is 0 Å². The van der Waals surface area contributed by atoms with Gasteiger partial charge >= 0.3 is 0 Å². The number of aliphatic hydroxyl groups excluding tert-OH is 1. The highest BCUT2D eigenvalue weighted by atomic mass is 35.5. The topological polar surface area (TPSA) is 102 Å². The van der Waals surface area contributed by atoms with Crippen molar-refractivity contribution in [2.24, 2.45) is 0 Å². The molecule has 0 atom stereocenters. The Kier molecular flexibility index (Phi) is 8.73. The van der Waals surface area contributed by atoms with Gasteiger partial charge in [0.05, 0.1) is 18.3 Å². The third-order valence-electron chi connectivity index (χ3n) is 5.77. The van der Waals surface area contributed by atoms with Gasteiger partial charge in [-0.05, 0) is 41.3 Å². The van der Waals surface area contributed by atoms with Crippen LogP contribution in [0, 0.1) is 0 Å². The number of halogens is 1. The number of carbonyl (C=O) groups is 1. The lowest BCUT2D eigenvalue weighted by Crippen LogP contribution is -2.29. The van der Waals surface area contributed by atoms with Gasteiger partial charge in [-0.1, -0.05) is 54.1 Å². The molecule has 8 heteroatoms. The number of H-pyrrole nitrogens is 1. The summed E-state index contributed by atoms with van der Waals surface area (Å²) in [6.45, 7) is 2.51. The van der Waals surface area contributed by atoms with Crippen LogP contribution < -0.4 is 16.0 Å². The van der Waals surface area contributed by atoms with E-state index in [1.54, 1.807) is 6.20 Å². The lowest BCUT2D eigenvalue weighted by Gasteiger charge is -2.11. The maximum absolute atomic E-state index is 12.1. The minimum absolute atomic E-state index is 0.0226. The number of aromatic nitrogens is 2. The molecule has 7 nitrogen and oxygen atoms in total. The predicted molar refractivity (Wildman–Crippen MR) is 141 cm³/mol. The first kappa shape index (κ1) is 24.7. The van der Waals surface area contributed by atoms with Gasteiger partial charge in [0.15, 0.2) is 0 Å². The molecule has 0 saturated heterocycles. The van der Waals surface area contributed by atoms with Crippen molar-refractivity contribution in [2.45, 2.75) is 26.0 Å². The number of hydrogen-bond donors (Lipinski definition) is 5. The van der Waals surface area contributed by atoms with Gasteiger partial charge in [0.2, 0.25) is 5.91 Å². The van der Waals surface area contributed by atoms with Gasteiger partial charge in [-0.2, -0.15) is 5.10 Å². The summed E-state index contributed by atoms with van der Waals surface area (Å²) >= 11 is 6.47. The molecule has 0 saturated carbocycles. The number of benzene rings is 3. The quantitative estimate of drug-likeness (QED) is 0.188. The van der Waals surface area contributed by atoms with Crippen LogP contribution in [0.2, 0.25) is 5.02 Å². The Balaban J connectivity index is 1.12. The molecule has 0 unspecified atom stereocenters. The lowest BCUT2D eigenvalue weighted by molar-refractivity contribution is -0.120. The normalized spacial score (nSPS) is 11.0. The average Bonchev–Trinajstić information content (AvgIpc) is 3.36. The largest absolute Gasteiger partial charge is 0.392 e. The zero-order chi connectivity index (χ0) is 24.5. The first-order valence-corrected chi connectivity index (χ1v) is 12.1. The van der Waals surface area contributed by atoms with Crippen LogP contribution in [0.15, 0.2) is 66.9 Å². The van der Waals surface area contributed by atoms with Gasteiger partial charge in [0.25, 0.3) is 0 Å². The minimum atomic E-state index is -0.0280. The molecule has 0 radical (unpaired) electrons. The third-order valence-corrected chi connectivity index (χ3v) is 6.08. The number of carbonyl (C=O) groups excluding carboxylic acids is 1. The molecular formula is C27H30ClN5O2. The van der Waals surface area contributed by atoms with Gasteiger partial charge < -0.3 is 21.1 Å². The van der Waals surface area contributed by atoms with E-state index in [-0.39, 0.29) is 12.5 Å². The zero-order valence-electron chi connectivity index (χ0n) is 19.5. The van der Waals surface area contributed by atoms with Crippen LogP contribution in [0.1, 0.15) is 24.0 Å². The summed E-state index contributed by atoms with van der Waals surface area (Å²) in [5, 5.41) is 27.8. The number of aliphatic hydroxyl groups is 1. The molecule has 5 N–H and O–H groups in total. The molecule has 4 aromatic rings. The van der Waals surface area contributed by atoms with Gasteiger partial charge in [-0.3, -0.25) is 9.89 Å². The number of fused-ring (bicyclic) bond motifs is 1. The number of amides is 1. The summed E-state index contributed by atoms with van der Waals surface area (Å²) < 4.78 is 0. The molecular weight excluding hydrogens is 462 g/mol. The Hall–Kier alpha value is -3.39. The van der Waals surface area contributed by atoms with E-state index in [9.17, 15) is 9.90 Å². The highest BCUT2D eigenvalue weighted by Gasteiger charge is 2.07. The van der Waals surface area contributed by atoms with Crippen molar-refractivity contribution in [1.29, 1.82) is 0 Å². The van der Waals surface area contributed by atoms with Crippen LogP contribution in [0.4, 0.5) is 5.69 Å². The molecule has 1 heterocycles. The number of nitrogens with one attached hydrogen (secondary N) is 4. The fraction of sp³-hybridized carbons (Fsp3) is 0.259. The van der Waals surface area contributed by atoms with Crippen LogP contribution in [0.5, 0.6) is 0 Å². The molecule has 0 aliphatic carbocycles. The van der Waals surface area contributed by atoms with Crippen LogP contribution >= 0.6 is 11.6 Å². The first-order valence-electron chi connectivity index (χ1n) is 11.8. The van der Waals surface area contributed by atoms with E-state index in [0.717, 1.165) is 50.3 Å². The van der Waals surface area contributed by atoms with Crippen LogP contribution in [0.25, 0.3) is 22.0 Å². The van der Waals surface area contributed by atoms with Crippen molar-refractivity contribution in [3.63, 3.8) is 0 Å². The average molecular weight is 492 g/mol. The monoisotopic (exact) mass is 491 g/mol. The summed E-state index contributed by atoms with van der Waals surface area (Å²) in [4.78, 5) is 12.1. The zero-order valence-corrected chi connectivity index (χ0v) is 20.2. The molecule has 1 aromatic heterocycles.